The first-order valence-corrected chi connectivity index (χ1v) is 9.17. The van der Waals surface area contributed by atoms with Crippen LogP contribution in [0.25, 0.3) is 11.4 Å². The van der Waals surface area contributed by atoms with E-state index < -0.39 is 5.56 Å². The number of benzene rings is 2. The van der Waals surface area contributed by atoms with Crippen LogP contribution in [0.3, 0.4) is 0 Å². The van der Waals surface area contributed by atoms with Gasteiger partial charge in [0.15, 0.2) is 0 Å². The summed E-state index contributed by atoms with van der Waals surface area (Å²) < 4.78 is 0. The third kappa shape index (κ3) is 4.70. The molecule has 0 aliphatic rings. The quantitative estimate of drug-likeness (QED) is 0.700. The van der Waals surface area contributed by atoms with Crippen LogP contribution in [0.4, 0.5) is 0 Å². The van der Waals surface area contributed by atoms with Crippen LogP contribution in [0.5, 0.6) is 0 Å². The zero-order valence-electron chi connectivity index (χ0n) is 15.4. The van der Waals surface area contributed by atoms with E-state index in [9.17, 15) is 9.59 Å². The Kier molecular flexibility index (Phi) is 6.15. The summed E-state index contributed by atoms with van der Waals surface area (Å²) in [6, 6.07) is 19.5. The van der Waals surface area contributed by atoms with Gasteiger partial charge in [0, 0.05) is 24.8 Å². The highest BCUT2D eigenvalue weighted by molar-refractivity contribution is 5.93. The van der Waals surface area contributed by atoms with E-state index in [1.54, 1.807) is 4.90 Å². The van der Waals surface area contributed by atoms with Crippen molar-refractivity contribution in [2.24, 2.45) is 0 Å². The zero-order valence-corrected chi connectivity index (χ0v) is 15.4. The largest absolute Gasteiger partial charge is 0.339 e. The van der Waals surface area contributed by atoms with Crippen molar-refractivity contribution in [1.82, 2.24) is 14.9 Å². The molecule has 2 aromatic carbocycles. The molecule has 0 unspecified atom stereocenters. The summed E-state index contributed by atoms with van der Waals surface area (Å²) in [7, 11) is 0. The maximum absolute atomic E-state index is 12.8. The Morgan fingerprint density at radius 1 is 1.04 bits per heavy atom. The highest BCUT2D eigenvalue weighted by Gasteiger charge is 2.18. The lowest BCUT2D eigenvalue weighted by molar-refractivity contribution is 0.0760. The molecule has 1 N–H and O–H groups in total. The molecular weight excluding hydrogens is 338 g/mol. The van der Waals surface area contributed by atoms with Crippen LogP contribution in [0.2, 0.25) is 0 Å². The molecule has 0 aliphatic heterocycles. The van der Waals surface area contributed by atoms with Gasteiger partial charge in [-0.1, -0.05) is 60.7 Å². The Balaban J connectivity index is 1.68. The first-order valence-electron chi connectivity index (χ1n) is 9.17. The van der Waals surface area contributed by atoms with Gasteiger partial charge in [0.25, 0.3) is 11.5 Å². The van der Waals surface area contributed by atoms with E-state index in [0.717, 1.165) is 18.4 Å². The highest BCUT2D eigenvalue weighted by Crippen LogP contribution is 2.12. The Morgan fingerprint density at radius 3 is 2.33 bits per heavy atom. The lowest BCUT2D eigenvalue weighted by atomic mass is 10.1. The maximum atomic E-state index is 12.8. The molecule has 5 nitrogen and oxygen atoms in total. The van der Waals surface area contributed by atoms with Crippen molar-refractivity contribution in [3.8, 4) is 11.4 Å². The molecule has 0 aliphatic carbocycles. The maximum Gasteiger partial charge on any atom is 0.264 e. The SMILES string of the molecule is CCN(CCCc1ccccc1)C(=O)c1cnc(-c2ccccc2)[nH]c1=O. The minimum Gasteiger partial charge on any atom is -0.339 e. The van der Waals surface area contributed by atoms with Crippen LogP contribution in [0.15, 0.2) is 71.7 Å². The van der Waals surface area contributed by atoms with Crippen molar-refractivity contribution in [1.29, 1.82) is 0 Å². The van der Waals surface area contributed by atoms with Gasteiger partial charge in [-0.3, -0.25) is 9.59 Å². The smallest absolute Gasteiger partial charge is 0.264 e. The number of rotatable bonds is 7. The molecule has 138 valence electrons. The molecular formula is C22H23N3O2. The second-order valence-electron chi connectivity index (χ2n) is 6.31. The average molecular weight is 361 g/mol. The van der Waals surface area contributed by atoms with E-state index in [1.165, 1.54) is 11.8 Å². The molecule has 3 rings (SSSR count). The van der Waals surface area contributed by atoms with Crippen LogP contribution in [0.1, 0.15) is 29.3 Å². The van der Waals surface area contributed by atoms with E-state index in [0.29, 0.717) is 18.9 Å². The lowest BCUT2D eigenvalue weighted by Crippen LogP contribution is -2.35. The molecule has 5 heteroatoms. The number of hydrogen-bond acceptors (Lipinski definition) is 3. The number of amides is 1. The number of H-pyrrole nitrogens is 1. The predicted octanol–water partition coefficient (Wildman–Crippen LogP) is 3.53. The minimum absolute atomic E-state index is 0.0799. The molecule has 0 radical (unpaired) electrons. The number of aryl methyl sites for hydroxylation is 1. The molecule has 27 heavy (non-hydrogen) atoms. The van der Waals surface area contributed by atoms with E-state index in [1.807, 2.05) is 55.5 Å². The molecule has 0 saturated carbocycles. The predicted molar refractivity (Wildman–Crippen MR) is 107 cm³/mol. The molecule has 0 fully saturated rings. The molecule has 1 aromatic heterocycles. The van der Waals surface area contributed by atoms with Gasteiger partial charge in [0.2, 0.25) is 0 Å². The van der Waals surface area contributed by atoms with Gasteiger partial charge < -0.3 is 9.88 Å². The van der Waals surface area contributed by atoms with Crippen LogP contribution < -0.4 is 5.56 Å². The van der Waals surface area contributed by atoms with E-state index >= 15 is 0 Å². The van der Waals surface area contributed by atoms with E-state index in [4.69, 9.17) is 0 Å². The van der Waals surface area contributed by atoms with Crippen molar-refractivity contribution in [2.75, 3.05) is 13.1 Å². The monoisotopic (exact) mass is 361 g/mol. The molecule has 0 atom stereocenters. The van der Waals surface area contributed by atoms with Gasteiger partial charge in [0.05, 0.1) is 0 Å². The highest BCUT2D eigenvalue weighted by atomic mass is 16.2. The topological polar surface area (TPSA) is 66.1 Å². The number of aromatic nitrogens is 2. The minimum atomic E-state index is -0.407. The van der Waals surface area contributed by atoms with Crippen LogP contribution in [-0.4, -0.2) is 33.9 Å². The number of carbonyl (C=O) groups is 1. The van der Waals surface area contributed by atoms with E-state index in [2.05, 4.69) is 22.1 Å². The lowest BCUT2D eigenvalue weighted by Gasteiger charge is -2.20. The van der Waals surface area contributed by atoms with Crippen molar-refractivity contribution >= 4 is 5.91 Å². The summed E-state index contributed by atoms with van der Waals surface area (Å²) >= 11 is 0. The summed E-state index contributed by atoms with van der Waals surface area (Å²) in [6.07, 6.45) is 3.12. The summed E-state index contributed by atoms with van der Waals surface area (Å²) in [6.45, 7) is 3.07. The Hall–Kier alpha value is -3.21. The van der Waals surface area contributed by atoms with Crippen LogP contribution in [-0.2, 0) is 6.42 Å². The fourth-order valence-electron chi connectivity index (χ4n) is 2.98. The van der Waals surface area contributed by atoms with E-state index in [-0.39, 0.29) is 11.5 Å². The number of hydrogen-bond donors (Lipinski definition) is 1. The third-order valence-electron chi connectivity index (χ3n) is 4.48. The van der Waals surface area contributed by atoms with Gasteiger partial charge in [-0.25, -0.2) is 4.98 Å². The van der Waals surface area contributed by atoms with Crippen LogP contribution in [0, 0.1) is 0 Å². The number of nitrogens with zero attached hydrogens (tertiary/aromatic N) is 2. The standard InChI is InChI=1S/C22H23N3O2/c1-2-25(15-9-12-17-10-5-3-6-11-17)22(27)19-16-23-20(24-21(19)26)18-13-7-4-8-14-18/h3-8,10-11,13-14,16H,2,9,12,15H2,1H3,(H,23,24,26). The number of aromatic amines is 1. The normalized spacial score (nSPS) is 10.6. The first kappa shape index (κ1) is 18.6. The van der Waals surface area contributed by atoms with Crippen molar-refractivity contribution < 1.29 is 4.79 Å². The van der Waals surface area contributed by atoms with Gasteiger partial charge in [-0.2, -0.15) is 0 Å². The van der Waals surface area contributed by atoms with Crippen molar-refractivity contribution in [2.45, 2.75) is 19.8 Å². The van der Waals surface area contributed by atoms with Crippen LogP contribution >= 0.6 is 0 Å². The second kappa shape index (κ2) is 8.94. The molecule has 0 bridgehead atoms. The summed E-state index contributed by atoms with van der Waals surface area (Å²) in [5, 5.41) is 0. The summed E-state index contributed by atoms with van der Waals surface area (Å²) in [5.74, 6) is 0.184. The number of carbonyl (C=O) groups excluding carboxylic acids is 1. The van der Waals surface area contributed by atoms with Crippen molar-refractivity contribution in [3.05, 3.63) is 88.3 Å². The Labute approximate surface area is 158 Å². The molecule has 1 amide bonds. The number of nitrogens with one attached hydrogen (secondary N) is 1. The Bertz CT molecular complexity index is 937. The molecule has 0 saturated heterocycles. The van der Waals surface area contributed by atoms with Gasteiger partial charge in [-0.15, -0.1) is 0 Å². The van der Waals surface area contributed by atoms with Gasteiger partial charge >= 0.3 is 0 Å². The van der Waals surface area contributed by atoms with Gasteiger partial charge in [-0.05, 0) is 25.3 Å². The fourth-order valence-corrected chi connectivity index (χ4v) is 2.98. The van der Waals surface area contributed by atoms with Crippen molar-refractivity contribution in [3.63, 3.8) is 0 Å². The average Bonchev–Trinajstić information content (AvgIpc) is 2.72. The second-order valence-corrected chi connectivity index (χ2v) is 6.31. The molecule has 1 heterocycles. The third-order valence-corrected chi connectivity index (χ3v) is 4.48. The zero-order chi connectivity index (χ0) is 19.1. The molecule has 3 aromatic rings. The fraction of sp³-hybridized carbons (Fsp3) is 0.227. The van der Waals surface area contributed by atoms with Gasteiger partial charge in [0.1, 0.15) is 11.4 Å². The Morgan fingerprint density at radius 2 is 1.70 bits per heavy atom. The first-order chi connectivity index (χ1) is 13.2. The molecule has 0 spiro atoms. The summed E-state index contributed by atoms with van der Waals surface area (Å²) in [5.41, 5.74) is 1.73. The summed E-state index contributed by atoms with van der Waals surface area (Å²) in [4.78, 5) is 33.9.